The van der Waals surface area contributed by atoms with E-state index in [1.54, 1.807) is 5.57 Å². The van der Waals surface area contributed by atoms with E-state index in [0.29, 0.717) is 30.9 Å². The normalized spacial score (nSPS) is 44.6. The Bertz CT molecular complexity index is 895. The molecule has 1 amide bonds. The molecule has 134 valence electrons. The van der Waals surface area contributed by atoms with Gasteiger partial charge in [0.25, 0.3) is 0 Å². The van der Waals surface area contributed by atoms with Crippen LogP contribution in [0.1, 0.15) is 24.8 Å². The Labute approximate surface area is 152 Å². The summed E-state index contributed by atoms with van der Waals surface area (Å²) in [7, 11) is 0. The molecular weight excluding hydrogens is 326 g/mol. The summed E-state index contributed by atoms with van der Waals surface area (Å²) in [6.07, 6.45) is 5.25. The van der Waals surface area contributed by atoms with E-state index in [1.165, 1.54) is 12.0 Å². The summed E-state index contributed by atoms with van der Waals surface area (Å²) < 4.78 is 6.25. The molecule has 5 heterocycles. The molecular formula is C21H23N3O2. The van der Waals surface area contributed by atoms with Gasteiger partial charge in [-0.3, -0.25) is 9.69 Å². The molecule has 26 heavy (non-hydrogen) atoms. The molecule has 6 aliphatic rings. The number of amides is 1. The predicted octanol–water partition coefficient (Wildman–Crippen LogP) is 1.67. The Hall–Kier alpha value is -1.85. The van der Waals surface area contributed by atoms with Crippen LogP contribution in [-0.4, -0.2) is 48.7 Å². The van der Waals surface area contributed by atoms with Crippen molar-refractivity contribution in [2.75, 3.05) is 30.3 Å². The zero-order valence-electron chi connectivity index (χ0n) is 14.7. The number of hydrogen-bond donors (Lipinski definition) is 1. The molecule has 5 aliphatic heterocycles. The third-order valence-corrected chi connectivity index (χ3v) is 8.33. The maximum absolute atomic E-state index is 13.2. The van der Waals surface area contributed by atoms with Gasteiger partial charge >= 0.3 is 0 Å². The summed E-state index contributed by atoms with van der Waals surface area (Å²) in [5.41, 5.74) is 11.1. The third-order valence-electron chi connectivity index (χ3n) is 8.33. The van der Waals surface area contributed by atoms with E-state index in [1.807, 2.05) is 6.07 Å². The van der Waals surface area contributed by atoms with Crippen molar-refractivity contribution >= 4 is 17.3 Å². The van der Waals surface area contributed by atoms with Crippen LogP contribution in [0.15, 0.2) is 29.8 Å². The van der Waals surface area contributed by atoms with Crippen molar-refractivity contribution in [1.82, 2.24) is 4.90 Å². The third kappa shape index (κ3) is 1.37. The van der Waals surface area contributed by atoms with Gasteiger partial charge in [0.05, 0.1) is 25.2 Å². The lowest BCUT2D eigenvalue weighted by molar-refractivity contribution is -0.132. The number of rotatable bonds is 0. The Balaban J connectivity index is 1.55. The van der Waals surface area contributed by atoms with Crippen LogP contribution in [0.5, 0.6) is 0 Å². The average Bonchev–Trinajstić information content (AvgIpc) is 3.09. The van der Waals surface area contributed by atoms with Gasteiger partial charge in [-0.15, -0.1) is 0 Å². The standard InChI is InChI=1S/C21H23N3O2/c22-12-1-2-15-14(7-12)21-4-5-23-10-11-3-6-26-16-9-18(25)24(15)20(21)19(16)13(11)8-17(21)23/h1-3,7,13,16-17,19-20H,4-6,8-10,22H2/t13-,16-,17+,19-,20-,21-/m0/s1. The molecule has 1 aromatic rings. The lowest BCUT2D eigenvalue weighted by Gasteiger charge is -2.58. The summed E-state index contributed by atoms with van der Waals surface area (Å²) in [5, 5.41) is 0. The fourth-order valence-electron chi connectivity index (χ4n) is 7.57. The first-order valence-corrected chi connectivity index (χ1v) is 9.95. The zero-order valence-corrected chi connectivity index (χ0v) is 14.7. The quantitative estimate of drug-likeness (QED) is 0.572. The van der Waals surface area contributed by atoms with Gasteiger partial charge in [0.2, 0.25) is 5.91 Å². The van der Waals surface area contributed by atoms with E-state index in [2.05, 4.69) is 28.0 Å². The van der Waals surface area contributed by atoms with Gasteiger partial charge in [-0.05, 0) is 49.1 Å². The number of carbonyl (C=O) groups excluding carboxylic acids is 1. The van der Waals surface area contributed by atoms with Gasteiger partial charge in [-0.1, -0.05) is 11.6 Å². The van der Waals surface area contributed by atoms with Crippen LogP contribution in [0.25, 0.3) is 0 Å². The number of carbonyl (C=O) groups is 1. The van der Waals surface area contributed by atoms with E-state index < -0.39 is 0 Å². The molecule has 0 aromatic heterocycles. The molecule has 1 aromatic carbocycles. The minimum Gasteiger partial charge on any atom is -0.399 e. The molecule has 0 radical (unpaired) electrons. The average molecular weight is 349 g/mol. The van der Waals surface area contributed by atoms with Crippen molar-refractivity contribution in [2.24, 2.45) is 11.8 Å². The minimum atomic E-state index is 0.0411. The molecule has 5 nitrogen and oxygen atoms in total. The molecule has 1 aliphatic carbocycles. The fraction of sp³-hybridized carbons (Fsp3) is 0.571. The van der Waals surface area contributed by atoms with Crippen molar-refractivity contribution < 1.29 is 9.53 Å². The first kappa shape index (κ1) is 14.2. The summed E-state index contributed by atoms with van der Waals surface area (Å²) >= 11 is 0. The van der Waals surface area contributed by atoms with Crippen molar-refractivity contribution in [3.05, 3.63) is 35.4 Å². The van der Waals surface area contributed by atoms with Crippen LogP contribution < -0.4 is 10.6 Å². The van der Waals surface area contributed by atoms with Gasteiger partial charge in [0.15, 0.2) is 0 Å². The second kappa shape index (κ2) is 4.34. The Morgan fingerprint density at radius 1 is 1.31 bits per heavy atom. The fourth-order valence-corrected chi connectivity index (χ4v) is 7.57. The number of anilines is 2. The van der Waals surface area contributed by atoms with Crippen LogP contribution >= 0.6 is 0 Å². The van der Waals surface area contributed by atoms with Crippen LogP contribution in [0.4, 0.5) is 11.4 Å². The summed E-state index contributed by atoms with van der Waals surface area (Å²) in [5.74, 6) is 1.23. The maximum atomic E-state index is 13.2. The molecule has 3 saturated heterocycles. The van der Waals surface area contributed by atoms with Gasteiger partial charge < -0.3 is 15.4 Å². The lowest BCUT2D eigenvalue weighted by atomic mass is 9.53. The van der Waals surface area contributed by atoms with E-state index in [4.69, 9.17) is 10.5 Å². The molecule has 1 saturated carbocycles. The predicted molar refractivity (Wildman–Crippen MR) is 97.8 cm³/mol. The number of nitrogens with two attached hydrogens (primary N) is 1. The highest BCUT2D eigenvalue weighted by Gasteiger charge is 2.70. The van der Waals surface area contributed by atoms with Gasteiger partial charge in [-0.2, -0.15) is 0 Å². The number of nitrogens with zero attached hydrogens (tertiary/aromatic N) is 2. The Morgan fingerprint density at radius 2 is 2.23 bits per heavy atom. The summed E-state index contributed by atoms with van der Waals surface area (Å²) in [6.45, 7) is 2.88. The first-order chi connectivity index (χ1) is 12.7. The van der Waals surface area contributed by atoms with E-state index in [-0.39, 0.29) is 23.5 Å². The minimum absolute atomic E-state index is 0.0411. The Morgan fingerprint density at radius 3 is 3.15 bits per heavy atom. The number of piperidine rings is 2. The number of hydrogen-bond acceptors (Lipinski definition) is 4. The molecule has 0 unspecified atom stereocenters. The van der Waals surface area contributed by atoms with E-state index in [9.17, 15) is 4.79 Å². The van der Waals surface area contributed by atoms with Crippen LogP contribution in [0.2, 0.25) is 0 Å². The number of nitrogen functional groups attached to an aromatic ring is 1. The van der Waals surface area contributed by atoms with E-state index in [0.717, 1.165) is 30.9 Å². The smallest absolute Gasteiger partial charge is 0.229 e. The van der Waals surface area contributed by atoms with Crippen molar-refractivity contribution in [2.45, 2.75) is 42.9 Å². The highest BCUT2D eigenvalue weighted by Crippen LogP contribution is 2.65. The summed E-state index contributed by atoms with van der Waals surface area (Å²) in [4.78, 5) is 18.1. The van der Waals surface area contributed by atoms with Gasteiger partial charge in [-0.25, -0.2) is 0 Å². The molecule has 2 N–H and O–H groups in total. The second-order valence-corrected chi connectivity index (χ2v) is 9.04. The molecule has 7 rings (SSSR count). The highest BCUT2D eigenvalue weighted by atomic mass is 16.5. The van der Waals surface area contributed by atoms with Crippen molar-refractivity contribution in [3.63, 3.8) is 0 Å². The SMILES string of the molecule is Nc1ccc2c(c1)[C@]13CCN4CC5=CCO[C@H]6CC(=O)N2[C@H]1[C@H]6[C@H]5C[C@@H]43. The lowest BCUT2D eigenvalue weighted by Crippen LogP contribution is -2.69. The Kier molecular flexibility index (Phi) is 2.38. The highest BCUT2D eigenvalue weighted by molar-refractivity contribution is 5.99. The van der Waals surface area contributed by atoms with Crippen LogP contribution in [0.3, 0.4) is 0 Å². The topological polar surface area (TPSA) is 58.8 Å². The number of fused-ring (bicyclic) bond motifs is 2. The number of benzene rings is 1. The monoisotopic (exact) mass is 349 g/mol. The molecule has 5 heteroatoms. The van der Waals surface area contributed by atoms with Crippen LogP contribution in [0, 0.1) is 11.8 Å². The van der Waals surface area contributed by atoms with Crippen molar-refractivity contribution in [3.8, 4) is 0 Å². The second-order valence-electron chi connectivity index (χ2n) is 9.04. The number of ether oxygens (including phenoxy) is 1. The molecule has 2 bridgehead atoms. The molecule has 1 spiro atoms. The van der Waals surface area contributed by atoms with Crippen molar-refractivity contribution in [1.29, 1.82) is 0 Å². The summed E-state index contributed by atoms with van der Waals surface area (Å²) in [6, 6.07) is 6.99. The molecule has 4 fully saturated rings. The van der Waals surface area contributed by atoms with Gasteiger partial charge in [0, 0.05) is 35.3 Å². The van der Waals surface area contributed by atoms with E-state index >= 15 is 0 Å². The largest absolute Gasteiger partial charge is 0.399 e. The first-order valence-electron chi connectivity index (χ1n) is 9.95. The van der Waals surface area contributed by atoms with Crippen LogP contribution in [-0.2, 0) is 14.9 Å². The molecule has 6 atom stereocenters. The van der Waals surface area contributed by atoms with Gasteiger partial charge in [0.1, 0.15) is 0 Å². The maximum Gasteiger partial charge on any atom is 0.229 e. The zero-order chi connectivity index (χ0) is 17.2.